The van der Waals surface area contributed by atoms with Gasteiger partial charge in [0.2, 0.25) is 17.6 Å². The fraction of sp³-hybridized carbons (Fsp3) is 0.300. The molecule has 158 valence electrons. The lowest BCUT2D eigenvalue weighted by Gasteiger charge is -2.33. The minimum Gasteiger partial charge on any atom is -0.339 e. The van der Waals surface area contributed by atoms with Crippen LogP contribution in [-0.2, 0) is 17.9 Å². The number of carbonyl (C=O) groups is 1. The van der Waals surface area contributed by atoms with Crippen LogP contribution in [0.4, 0.5) is 0 Å². The summed E-state index contributed by atoms with van der Waals surface area (Å²) >= 11 is 1.56. The van der Waals surface area contributed by atoms with Gasteiger partial charge in [0.1, 0.15) is 12.1 Å². The molecule has 1 aliphatic rings. The SMILES string of the molecule is O=C(Cn1nnc2ccccc2c1=O)N1CCN(Cc2nc(-c3cccs3)no2)CC1. The van der Waals surface area contributed by atoms with Crippen molar-refractivity contribution in [3.8, 4) is 10.7 Å². The predicted molar refractivity (Wildman–Crippen MR) is 113 cm³/mol. The molecule has 3 aromatic heterocycles. The number of amides is 1. The number of carbonyl (C=O) groups excluding carboxylic acids is 1. The van der Waals surface area contributed by atoms with E-state index in [9.17, 15) is 9.59 Å². The van der Waals surface area contributed by atoms with Crippen molar-refractivity contribution in [2.75, 3.05) is 26.2 Å². The summed E-state index contributed by atoms with van der Waals surface area (Å²) in [5, 5.41) is 14.4. The number of benzene rings is 1. The van der Waals surface area contributed by atoms with Crippen molar-refractivity contribution in [3.05, 3.63) is 58.0 Å². The number of piperazine rings is 1. The second kappa shape index (κ2) is 8.36. The molecule has 0 aliphatic carbocycles. The van der Waals surface area contributed by atoms with Crippen LogP contribution in [0.1, 0.15) is 5.89 Å². The number of rotatable bonds is 5. The summed E-state index contributed by atoms with van der Waals surface area (Å²) in [5.74, 6) is 1.01. The van der Waals surface area contributed by atoms with Gasteiger partial charge in [0, 0.05) is 26.2 Å². The van der Waals surface area contributed by atoms with Crippen LogP contribution in [0.5, 0.6) is 0 Å². The monoisotopic (exact) mass is 437 g/mol. The fourth-order valence-corrected chi connectivity index (χ4v) is 4.18. The zero-order valence-corrected chi connectivity index (χ0v) is 17.4. The van der Waals surface area contributed by atoms with Crippen molar-refractivity contribution in [2.24, 2.45) is 0 Å². The third-order valence-corrected chi connectivity index (χ3v) is 6.07. The Morgan fingerprint density at radius 2 is 1.94 bits per heavy atom. The molecule has 31 heavy (non-hydrogen) atoms. The normalized spacial score (nSPS) is 14.9. The van der Waals surface area contributed by atoms with Crippen LogP contribution in [0.3, 0.4) is 0 Å². The molecule has 0 unspecified atom stereocenters. The molecule has 4 heterocycles. The lowest BCUT2D eigenvalue weighted by Crippen LogP contribution is -2.49. The van der Waals surface area contributed by atoms with E-state index in [4.69, 9.17) is 4.52 Å². The highest BCUT2D eigenvalue weighted by Gasteiger charge is 2.23. The van der Waals surface area contributed by atoms with E-state index in [0.717, 1.165) is 9.56 Å². The van der Waals surface area contributed by atoms with E-state index in [-0.39, 0.29) is 18.0 Å². The Kier molecular flexibility index (Phi) is 5.26. The maximum absolute atomic E-state index is 12.7. The summed E-state index contributed by atoms with van der Waals surface area (Å²) in [6, 6.07) is 10.9. The predicted octanol–water partition coefficient (Wildman–Crippen LogP) is 1.25. The van der Waals surface area contributed by atoms with E-state index >= 15 is 0 Å². The largest absolute Gasteiger partial charge is 0.339 e. The molecule has 0 radical (unpaired) electrons. The van der Waals surface area contributed by atoms with E-state index in [1.54, 1.807) is 40.5 Å². The van der Waals surface area contributed by atoms with Gasteiger partial charge < -0.3 is 9.42 Å². The summed E-state index contributed by atoms with van der Waals surface area (Å²) in [6.07, 6.45) is 0. The number of thiophene rings is 1. The zero-order valence-electron chi connectivity index (χ0n) is 16.5. The van der Waals surface area contributed by atoms with Gasteiger partial charge in [-0.15, -0.1) is 16.4 Å². The average molecular weight is 437 g/mol. The van der Waals surface area contributed by atoms with E-state index < -0.39 is 0 Å². The van der Waals surface area contributed by atoms with Crippen molar-refractivity contribution >= 4 is 28.1 Å². The second-order valence-electron chi connectivity index (χ2n) is 7.22. The molecule has 0 atom stereocenters. The molecule has 0 N–H and O–H groups in total. The van der Waals surface area contributed by atoms with Gasteiger partial charge in [-0.25, -0.2) is 4.68 Å². The molecule has 0 spiro atoms. The molecule has 1 aliphatic heterocycles. The Morgan fingerprint density at radius 1 is 1.10 bits per heavy atom. The van der Waals surface area contributed by atoms with Crippen LogP contribution >= 0.6 is 11.3 Å². The van der Waals surface area contributed by atoms with Gasteiger partial charge in [0.05, 0.1) is 16.8 Å². The van der Waals surface area contributed by atoms with E-state index in [1.807, 2.05) is 17.5 Å². The van der Waals surface area contributed by atoms with Crippen molar-refractivity contribution in [1.82, 2.24) is 34.9 Å². The quantitative estimate of drug-likeness (QED) is 0.459. The Hall–Kier alpha value is -3.44. The van der Waals surface area contributed by atoms with Crippen LogP contribution < -0.4 is 5.56 Å². The van der Waals surface area contributed by atoms with Crippen LogP contribution in [0.2, 0.25) is 0 Å². The van der Waals surface area contributed by atoms with Gasteiger partial charge in [-0.3, -0.25) is 14.5 Å². The molecule has 4 aromatic rings. The number of hydrogen-bond donors (Lipinski definition) is 0. The van der Waals surface area contributed by atoms with Crippen LogP contribution in [0.25, 0.3) is 21.6 Å². The summed E-state index contributed by atoms with van der Waals surface area (Å²) in [5.41, 5.74) is 0.212. The van der Waals surface area contributed by atoms with Gasteiger partial charge in [-0.05, 0) is 23.6 Å². The smallest absolute Gasteiger partial charge is 0.278 e. The van der Waals surface area contributed by atoms with Gasteiger partial charge in [0.15, 0.2) is 0 Å². The topological polar surface area (TPSA) is 110 Å². The van der Waals surface area contributed by atoms with Crippen molar-refractivity contribution in [3.63, 3.8) is 0 Å². The molecule has 1 saturated heterocycles. The molecule has 10 nitrogen and oxygen atoms in total. The van der Waals surface area contributed by atoms with Gasteiger partial charge in [-0.2, -0.15) is 4.98 Å². The van der Waals surface area contributed by atoms with E-state index in [1.165, 1.54) is 0 Å². The minimum absolute atomic E-state index is 0.121. The highest BCUT2D eigenvalue weighted by atomic mass is 32.1. The summed E-state index contributed by atoms with van der Waals surface area (Å²) in [4.78, 5) is 34.6. The van der Waals surface area contributed by atoms with E-state index in [2.05, 4.69) is 25.4 Å². The molecule has 1 amide bonds. The molecular formula is C20H19N7O3S. The molecule has 5 rings (SSSR count). The molecule has 1 aromatic carbocycles. The number of nitrogens with zero attached hydrogens (tertiary/aromatic N) is 7. The van der Waals surface area contributed by atoms with Gasteiger partial charge >= 0.3 is 0 Å². The second-order valence-corrected chi connectivity index (χ2v) is 8.16. The zero-order chi connectivity index (χ0) is 21.2. The van der Waals surface area contributed by atoms with Gasteiger partial charge in [-0.1, -0.05) is 28.6 Å². The highest BCUT2D eigenvalue weighted by Crippen LogP contribution is 2.21. The Balaban J connectivity index is 1.18. The third-order valence-electron chi connectivity index (χ3n) is 5.21. The first-order valence-electron chi connectivity index (χ1n) is 9.86. The third kappa shape index (κ3) is 4.09. The molecule has 0 bridgehead atoms. The minimum atomic E-state index is -0.310. The van der Waals surface area contributed by atoms with Crippen LogP contribution in [0, 0.1) is 0 Å². The number of aromatic nitrogens is 5. The summed E-state index contributed by atoms with van der Waals surface area (Å²) in [6.45, 7) is 2.89. The first kappa shape index (κ1) is 19.5. The average Bonchev–Trinajstić information content (AvgIpc) is 3.48. The number of hydrogen-bond acceptors (Lipinski definition) is 9. The molecule has 0 saturated carbocycles. The maximum Gasteiger partial charge on any atom is 0.278 e. The van der Waals surface area contributed by atoms with Crippen molar-refractivity contribution in [2.45, 2.75) is 13.1 Å². The van der Waals surface area contributed by atoms with Crippen LogP contribution in [0.15, 0.2) is 51.1 Å². The molecule has 1 fully saturated rings. The Bertz CT molecular complexity index is 1260. The fourth-order valence-electron chi connectivity index (χ4n) is 3.53. The summed E-state index contributed by atoms with van der Waals surface area (Å²) in [7, 11) is 0. The summed E-state index contributed by atoms with van der Waals surface area (Å²) < 4.78 is 6.49. The standard InChI is InChI=1S/C20H19N7O3S/c28-18(13-27-20(29)14-4-1-2-5-15(14)22-24-27)26-9-7-25(8-10-26)12-17-21-19(23-30-17)16-6-3-11-31-16/h1-6,11H,7-10,12-13H2. The van der Waals surface area contributed by atoms with Crippen molar-refractivity contribution in [1.29, 1.82) is 0 Å². The van der Waals surface area contributed by atoms with E-state index in [0.29, 0.717) is 55.3 Å². The van der Waals surface area contributed by atoms with Crippen molar-refractivity contribution < 1.29 is 9.32 Å². The lowest BCUT2D eigenvalue weighted by molar-refractivity contribution is -0.134. The maximum atomic E-state index is 12.7. The highest BCUT2D eigenvalue weighted by molar-refractivity contribution is 7.13. The Labute approximate surface area is 180 Å². The Morgan fingerprint density at radius 3 is 2.74 bits per heavy atom. The first-order valence-corrected chi connectivity index (χ1v) is 10.7. The van der Waals surface area contributed by atoms with Gasteiger partial charge in [0.25, 0.3) is 5.56 Å². The first-order chi connectivity index (χ1) is 15.2. The molecular weight excluding hydrogens is 418 g/mol. The molecule has 11 heteroatoms. The number of fused-ring (bicyclic) bond motifs is 1. The van der Waals surface area contributed by atoms with Crippen LogP contribution in [-0.4, -0.2) is 67.0 Å². The lowest BCUT2D eigenvalue weighted by atomic mass is 10.2.